The second kappa shape index (κ2) is 4.30. The summed E-state index contributed by atoms with van der Waals surface area (Å²) in [4.78, 5) is 27.8. The summed E-state index contributed by atoms with van der Waals surface area (Å²) >= 11 is 0. The van der Waals surface area contributed by atoms with E-state index in [2.05, 4.69) is 15.3 Å². The van der Waals surface area contributed by atoms with Crippen molar-refractivity contribution < 1.29 is 9.90 Å². The van der Waals surface area contributed by atoms with Crippen molar-refractivity contribution in [3.8, 4) is 0 Å². The number of nitrogens with one attached hydrogen (secondary N) is 3. The number of hydrogen-bond donors (Lipinski definition) is 4. The van der Waals surface area contributed by atoms with Crippen LogP contribution in [-0.4, -0.2) is 26.6 Å². The minimum absolute atomic E-state index is 0.261. The molecule has 0 aliphatic carbocycles. The molecule has 1 aromatic heterocycles. The number of carbonyl (C=O) groups is 1. The molecule has 0 saturated heterocycles. The van der Waals surface area contributed by atoms with Crippen molar-refractivity contribution in [3.63, 3.8) is 0 Å². The molecule has 0 spiro atoms. The predicted octanol–water partition coefficient (Wildman–Crippen LogP) is 0.243. The maximum absolute atomic E-state index is 11.5. The standard InChI is InChI=1S/C12H15N3O3/c1-12(2,18)10(16)13-6-7-3-4-8-9(5-7)15-11(17)14-8/h3-5,18H,6H2,1-2H3,(H,13,16)(H2,14,15,17). The first-order valence-corrected chi connectivity index (χ1v) is 5.58. The lowest BCUT2D eigenvalue weighted by molar-refractivity contribution is -0.136. The normalized spacial score (nSPS) is 11.7. The Morgan fingerprint density at radius 3 is 2.67 bits per heavy atom. The molecule has 4 N–H and O–H groups in total. The summed E-state index contributed by atoms with van der Waals surface area (Å²) < 4.78 is 0. The van der Waals surface area contributed by atoms with E-state index in [1.54, 1.807) is 18.2 Å². The van der Waals surface area contributed by atoms with Crippen molar-refractivity contribution in [2.75, 3.05) is 0 Å². The predicted molar refractivity (Wildman–Crippen MR) is 67.1 cm³/mol. The zero-order chi connectivity index (χ0) is 13.3. The first-order chi connectivity index (χ1) is 8.36. The summed E-state index contributed by atoms with van der Waals surface area (Å²) in [5.41, 5.74) is 0.595. The quantitative estimate of drug-likeness (QED) is 0.627. The maximum atomic E-state index is 11.5. The van der Waals surface area contributed by atoms with Gasteiger partial charge in [0.1, 0.15) is 5.60 Å². The number of benzene rings is 1. The van der Waals surface area contributed by atoms with Gasteiger partial charge in [0.25, 0.3) is 5.91 Å². The van der Waals surface area contributed by atoms with Gasteiger partial charge in [0.2, 0.25) is 0 Å². The van der Waals surface area contributed by atoms with E-state index in [0.29, 0.717) is 12.1 Å². The number of H-pyrrole nitrogens is 2. The molecule has 0 atom stereocenters. The summed E-state index contributed by atoms with van der Waals surface area (Å²) in [5.74, 6) is -0.440. The Bertz CT molecular complexity index is 634. The van der Waals surface area contributed by atoms with Crippen molar-refractivity contribution in [1.82, 2.24) is 15.3 Å². The first-order valence-electron chi connectivity index (χ1n) is 5.58. The van der Waals surface area contributed by atoms with Crippen LogP contribution in [0.1, 0.15) is 19.4 Å². The molecule has 0 saturated carbocycles. The molecule has 1 amide bonds. The van der Waals surface area contributed by atoms with Crippen LogP contribution in [0, 0.1) is 0 Å². The number of fused-ring (bicyclic) bond motifs is 1. The van der Waals surface area contributed by atoms with Gasteiger partial charge in [-0.3, -0.25) is 4.79 Å². The summed E-state index contributed by atoms with van der Waals surface area (Å²) in [7, 11) is 0. The smallest absolute Gasteiger partial charge is 0.323 e. The van der Waals surface area contributed by atoms with E-state index < -0.39 is 11.5 Å². The number of aromatic nitrogens is 2. The highest BCUT2D eigenvalue weighted by Crippen LogP contribution is 2.10. The fourth-order valence-electron chi connectivity index (χ4n) is 1.59. The highest BCUT2D eigenvalue weighted by molar-refractivity contribution is 5.84. The van der Waals surface area contributed by atoms with Gasteiger partial charge in [0, 0.05) is 6.54 Å². The van der Waals surface area contributed by atoms with Gasteiger partial charge in [0.15, 0.2) is 0 Å². The zero-order valence-corrected chi connectivity index (χ0v) is 10.2. The Morgan fingerprint density at radius 2 is 2.00 bits per heavy atom. The summed E-state index contributed by atoms with van der Waals surface area (Å²) in [6.07, 6.45) is 0. The van der Waals surface area contributed by atoms with Crippen LogP contribution in [0.25, 0.3) is 11.0 Å². The molecule has 2 aromatic rings. The van der Waals surface area contributed by atoms with Gasteiger partial charge in [-0.2, -0.15) is 0 Å². The number of rotatable bonds is 3. The summed E-state index contributed by atoms with van der Waals surface area (Å²) in [5, 5.41) is 12.1. The van der Waals surface area contributed by atoms with Crippen molar-refractivity contribution in [2.24, 2.45) is 0 Å². The third kappa shape index (κ3) is 2.60. The van der Waals surface area contributed by atoms with E-state index >= 15 is 0 Å². The van der Waals surface area contributed by atoms with Gasteiger partial charge in [-0.1, -0.05) is 6.07 Å². The molecule has 1 aromatic carbocycles. The van der Waals surface area contributed by atoms with Crippen LogP contribution in [0.2, 0.25) is 0 Å². The Morgan fingerprint density at radius 1 is 1.33 bits per heavy atom. The number of aromatic amines is 2. The number of amides is 1. The SMILES string of the molecule is CC(C)(O)C(=O)NCc1ccc2[nH]c(=O)[nH]c2c1. The molecule has 0 aliphatic heterocycles. The largest absolute Gasteiger partial charge is 0.381 e. The van der Waals surface area contributed by atoms with E-state index in [-0.39, 0.29) is 5.69 Å². The van der Waals surface area contributed by atoms with Crippen LogP contribution in [-0.2, 0) is 11.3 Å². The first kappa shape index (κ1) is 12.4. The molecule has 1 heterocycles. The van der Waals surface area contributed by atoms with Crippen LogP contribution >= 0.6 is 0 Å². The Balaban J connectivity index is 2.13. The number of aliphatic hydroxyl groups is 1. The second-order valence-electron chi connectivity index (χ2n) is 4.70. The highest BCUT2D eigenvalue weighted by atomic mass is 16.3. The molecule has 6 nitrogen and oxygen atoms in total. The minimum atomic E-state index is -1.40. The van der Waals surface area contributed by atoms with E-state index in [9.17, 15) is 14.7 Å². The van der Waals surface area contributed by atoms with Gasteiger partial charge in [0.05, 0.1) is 11.0 Å². The van der Waals surface area contributed by atoms with Crippen LogP contribution in [0.5, 0.6) is 0 Å². The van der Waals surface area contributed by atoms with Gasteiger partial charge in [-0.25, -0.2) is 4.79 Å². The van der Waals surface area contributed by atoms with Gasteiger partial charge < -0.3 is 20.4 Å². The Hall–Kier alpha value is -2.08. The van der Waals surface area contributed by atoms with Gasteiger partial charge in [-0.15, -0.1) is 0 Å². The van der Waals surface area contributed by atoms with Crippen LogP contribution in [0.15, 0.2) is 23.0 Å². The average molecular weight is 249 g/mol. The Kier molecular flexibility index (Phi) is 2.96. The fourth-order valence-corrected chi connectivity index (χ4v) is 1.59. The highest BCUT2D eigenvalue weighted by Gasteiger charge is 2.22. The summed E-state index contributed by atoms with van der Waals surface area (Å²) in [6, 6.07) is 5.34. The number of imidazole rings is 1. The average Bonchev–Trinajstić information content (AvgIpc) is 2.63. The van der Waals surface area contributed by atoms with Gasteiger partial charge in [-0.05, 0) is 31.5 Å². The Labute approximate surface area is 103 Å². The maximum Gasteiger partial charge on any atom is 0.323 e. The monoisotopic (exact) mass is 249 g/mol. The molecular weight excluding hydrogens is 234 g/mol. The third-order valence-electron chi connectivity index (χ3n) is 2.59. The molecule has 0 fully saturated rings. The van der Waals surface area contributed by atoms with Crippen LogP contribution in [0.4, 0.5) is 0 Å². The van der Waals surface area contributed by atoms with Crippen molar-refractivity contribution in [2.45, 2.75) is 26.0 Å². The minimum Gasteiger partial charge on any atom is -0.381 e. The molecule has 0 aliphatic rings. The van der Waals surface area contributed by atoms with Crippen molar-refractivity contribution in [1.29, 1.82) is 0 Å². The van der Waals surface area contributed by atoms with Crippen LogP contribution < -0.4 is 11.0 Å². The molecular formula is C12H15N3O3. The van der Waals surface area contributed by atoms with Crippen molar-refractivity contribution in [3.05, 3.63) is 34.2 Å². The molecule has 18 heavy (non-hydrogen) atoms. The second-order valence-corrected chi connectivity index (χ2v) is 4.70. The molecule has 0 unspecified atom stereocenters. The lowest BCUT2D eigenvalue weighted by Crippen LogP contribution is -2.41. The topological polar surface area (TPSA) is 98.0 Å². The molecule has 2 rings (SSSR count). The van der Waals surface area contributed by atoms with E-state index in [4.69, 9.17) is 0 Å². The van der Waals surface area contributed by atoms with E-state index in [0.717, 1.165) is 11.1 Å². The summed E-state index contributed by atoms with van der Waals surface area (Å²) in [6.45, 7) is 3.15. The van der Waals surface area contributed by atoms with E-state index in [1.807, 2.05) is 0 Å². The molecule has 96 valence electrons. The van der Waals surface area contributed by atoms with Crippen LogP contribution in [0.3, 0.4) is 0 Å². The molecule has 6 heteroatoms. The lowest BCUT2D eigenvalue weighted by Gasteiger charge is -2.16. The van der Waals surface area contributed by atoms with Crippen molar-refractivity contribution >= 4 is 16.9 Å². The number of hydrogen-bond acceptors (Lipinski definition) is 3. The third-order valence-corrected chi connectivity index (χ3v) is 2.59. The zero-order valence-electron chi connectivity index (χ0n) is 10.2. The number of carbonyl (C=O) groups excluding carboxylic acids is 1. The molecule has 0 bridgehead atoms. The van der Waals surface area contributed by atoms with Gasteiger partial charge >= 0.3 is 5.69 Å². The lowest BCUT2D eigenvalue weighted by atomic mass is 10.1. The fraction of sp³-hybridized carbons (Fsp3) is 0.333. The van der Waals surface area contributed by atoms with E-state index in [1.165, 1.54) is 13.8 Å². The molecule has 0 radical (unpaired) electrons.